The van der Waals surface area contributed by atoms with Gasteiger partial charge in [-0.25, -0.2) is 0 Å². The number of ether oxygens (including phenoxy) is 3. The molecule has 0 aromatic carbocycles. The van der Waals surface area contributed by atoms with E-state index < -0.39 is 12.0 Å². The molecule has 0 bridgehead atoms. The summed E-state index contributed by atoms with van der Waals surface area (Å²) in [7, 11) is 0. The number of oxime groups is 1. The van der Waals surface area contributed by atoms with Crippen molar-refractivity contribution in [2.75, 3.05) is 6.61 Å². The monoisotopic (exact) mass is 498 g/mol. The third-order valence-corrected chi connectivity index (χ3v) is 6.29. The molecule has 35 heavy (non-hydrogen) atoms. The van der Waals surface area contributed by atoms with Gasteiger partial charge < -0.3 is 19.6 Å². The minimum Gasteiger partial charge on any atom is -0.491 e. The van der Waals surface area contributed by atoms with Crippen molar-refractivity contribution in [1.82, 2.24) is 5.32 Å². The molecule has 1 saturated carbocycles. The zero-order chi connectivity index (χ0) is 25.8. The summed E-state index contributed by atoms with van der Waals surface area (Å²) >= 11 is 0. The van der Waals surface area contributed by atoms with E-state index >= 15 is 0 Å². The number of allylic oxidation sites excluding steroid dienone is 2. The molecule has 0 spiro atoms. The number of carbonyl (C=O) groups excluding carboxylic acids is 1. The number of hydrogen-bond donors (Lipinski definition) is 1. The predicted molar refractivity (Wildman–Crippen MR) is 124 cm³/mol. The first-order chi connectivity index (χ1) is 16.3. The lowest BCUT2D eigenvalue weighted by molar-refractivity contribution is -0.355. The zero-order valence-corrected chi connectivity index (χ0v) is 20.8. The SMILES string of the molecule is CC(=O)OC1=C(C)C(C)NC(C)=C1CON=C1CCC(OC2=CCC(C)(OC(F)(F)F)C=C2)CC1. The maximum Gasteiger partial charge on any atom is 0.523 e. The first-order valence-corrected chi connectivity index (χ1v) is 11.7. The fourth-order valence-electron chi connectivity index (χ4n) is 4.22. The van der Waals surface area contributed by atoms with E-state index in [9.17, 15) is 18.0 Å². The molecule has 194 valence electrons. The van der Waals surface area contributed by atoms with Crippen LogP contribution >= 0.6 is 0 Å². The van der Waals surface area contributed by atoms with E-state index in [2.05, 4.69) is 15.2 Å². The zero-order valence-electron chi connectivity index (χ0n) is 20.8. The van der Waals surface area contributed by atoms with E-state index in [-0.39, 0.29) is 31.1 Å². The summed E-state index contributed by atoms with van der Waals surface area (Å²) < 4.78 is 53.2. The summed E-state index contributed by atoms with van der Waals surface area (Å²) in [5, 5.41) is 7.63. The molecule has 1 N–H and O–H groups in total. The molecular weight excluding hydrogens is 465 g/mol. The molecule has 7 nitrogen and oxygen atoms in total. The molecule has 0 aromatic rings. The fraction of sp³-hybridized carbons (Fsp3) is 0.600. The topological polar surface area (TPSA) is 78.4 Å². The van der Waals surface area contributed by atoms with Crippen molar-refractivity contribution < 1.29 is 37.0 Å². The Balaban J connectivity index is 1.48. The first kappa shape index (κ1) is 26.8. The Morgan fingerprint density at radius 3 is 2.51 bits per heavy atom. The van der Waals surface area contributed by atoms with Crippen LogP contribution in [0.2, 0.25) is 0 Å². The lowest BCUT2D eigenvalue weighted by atomic mass is 9.94. The van der Waals surface area contributed by atoms with Crippen molar-refractivity contribution in [2.24, 2.45) is 5.16 Å². The Morgan fingerprint density at radius 2 is 1.94 bits per heavy atom. The normalized spacial score (nSPS) is 27.3. The minimum absolute atomic E-state index is 0.0483. The number of hydrogen-bond acceptors (Lipinski definition) is 7. The van der Waals surface area contributed by atoms with Crippen molar-refractivity contribution in [3.05, 3.63) is 46.6 Å². The average molecular weight is 499 g/mol. The van der Waals surface area contributed by atoms with Gasteiger partial charge in [0.1, 0.15) is 18.1 Å². The quantitative estimate of drug-likeness (QED) is 0.366. The number of halogens is 3. The van der Waals surface area contributed by atoms with Gasteiger partial charge in [-0.15, -0.1) is 13.2 Å². The largest absolute Gasteiger partial charge is 0.523 e. The van der Waals surface area contributed by atoms with E-state index in [1.54, 1.807) is 6.08 Å². The van der Waals surface area contributed by atoms with Gasteiger partial charge in [0, 0.05) is 25.1 Å². The summed E-state index contributed by atoms with van der Waals surface area (Å²) in [5.74, 6) is 0.699. The molecule has 10 heteroatoms. The van der Waals surface area contributed by atoms with Crippen LogP contribution in [0.5, 0.6) is 0 Å². The molecule has 1 aliphatic heterocycles. The third kappa shape index (κ3) is 7.62. The van der Waals surface area contributed by atoms with Crippen LogP contribution in [0, 0.1) is 0 Å². The number of nitrogens with one attached hydrogen (secondary N) is 1. The van der Waals surface area contributed by atoms with Crippen molar-refractivity contribution in [3.8, 4) is 0 Å². The first-order valence-electron chi connectivity index (χ1n) is 11.7. The summed E-state index contributed by atoms with van der Waals surface area (Å²) in [6, 6.07) is 0.0507. The number of dihydropyridines is 1. The highest BCUT2D eigenvalue weighted by Gasteiger charge is 2.39. The van der Waals surface area contributed by atoms with E-state index in [1.807, 2.05) is 20.8 Å². The van der Waals surface area contributed by atoms with Gasteiger partial charge in [0.15, 0.2) is 0 Å². The lowest BCUT2D eigenvalue weighted by Crippen LogP contribution is -2.34. The molecule has 3 aliphatic rings. The van der Waals surface area contributed by atoms with Crippen molar-refractivity contribution in [3.63, 3.8) is 0 Å². The van der Waals surface area contributed by atoms with Crippen molar-refractivity contribution in [1.29, 1.82) is 0 Å². The van der Waals surface area contributed by atoms with Gasteiger partial charge in [0.2, 0.25) is 0 Å². The van der Waals surface area contributed by atoms with Crippen LogP contribution < -0.4 is 5.32 Å². The van der Waals surface area contributed by atoms with Crippen LogP contribution in [0.4, 0.5) is 13.2 Å². The third-order valence-electron chi connectivity index (χ3n) is 6.29. The Morgan fingerprint density at radius 1 is 1.26 bits per heavy atom. The Kier molecular flexibility index (Phi) is 8.35. The van der Waals surface area contributed by atoms with Crippen LogP contribution in [-0.2, 0) is 23.8 Å². The molecule has 0 radical (unpaired) electrons. The van der Waals surface area contributed by atoms with E-state index in [0.29, 0.717) is 24.4 Å². The molecule has 1 heterocycles. The predicted octanol–water partition coefficient (Wildman–Crippen LogP) is 5.56. The Bertz CT molecular complexity index is 970. The van der Waals surface area contributed by atoms with Crippen molar-refractivity contribution in [2.45, 2.75) is 90.8 Å². The number of esters is 1. The smallest absolute Gasteiger partial charge is 0.491 e. The number of carbonyl (C=O) groups is 1. The van der Waals surface area contributed by atoms with Gasteiger partial charge in [0.05, 0.1) is 23.0 Å². The molecular formula is C25H33F3N2O5. The van der Waals surface area contributed by atoms with Crippen LogP contribution in [0.1, 0.15) is 66.7 Å². The summed E-state index contributed by atoms with van der Waals surface area (Å²) in [4.78, 5) is 17.2. The fourth-order valence-corrected chi connectivity index (χ4v) is 4.22. The molecule has 1 fully saturated rings. The van der Waals surface area contributed by atoms with Crippen molar-refractivity contribution >= 4 is 11.7 Å². The summed E-state index contributed by atoms with van der Waals surface area (Å²) in [6.45, 7) is 8.75. The maximum atomic E-state index is 12.6. The van der Waals surface area contributed by atoms with Gasteiger partial charge in [-0.1, -0.05) is 5.16 Å². The molecule has 0 amide bonds. The number of nitrogens with zero attached hydrogens (tertiary/aromatic N) is 1. The average Bonchev–Trinajstić information content (AvgIpc) is 2.75. The molecule has 3 rings (SSSR count). The maximum absolute atomic E-state index is 12.6. The number of alkyl halides is 3. The highest BCUT2D eigenvalue weighted by atomic mass is 19.4. The number of rotatable bonds is 7. The molecule has 2 unspecified atom stereocenters. The Labute approximate surface area is 203 Å². The molecule has 2 aliphatic carbocycles. The van der Waals surface area contributed by atoms with E-state index in [1.165, 1.54) is 26.0 Å². The van der Waals surface area contributed by atoms with Crippen LogP contribution in [-0.4, -0.2) is 42.4 Å². The summed E-state index contributed by atoms with van der Waals surface area (Å²) in [6.07, 6.45) is 2.72. The van der Waals surface area contributed by atoms with E-state index in [0.717, 1.165) is 35.4 Å². The van der Waals surface area contributed by atoms with Crippen LogP contribution in [0.15, 0.2) is 51.7 Å². The van der Waals surface area contributed by atoms with Crippen LogP contribution in [0.25, 0.3) is 0 Å². The van der Waals surface area contributed by atoms with Gasteiger partial charge in [-0.3, -0.25) is 9.53 Å². The second kappa shape index (κ2) is 10.9. The Hall–Kier alpha value is -2.75. The summed E-state index contributed by atoms with van der Waals surface area (Å²) in [5.41, 5.74) is 2.05. The van der Waals surface area contributed by atoms with E-state index in [4.69, 9.17) is 14.3 Å². The van der Waals surface area contributed by atoms with Gasteiger partial charge in [-0.05, 0) is 77.2 Å². The van der Waals surface area contributed by atoms with Crippen LogP contribution in [0.3, 0.4) is 0 Å². The highest BCUT2D eigenvalue weighted by Crippen LogP contribution is 2.33. The molecule has 0 saturated heterocycles. The standard InChI is InChI=1S/C25H33F3N2O5/c1-15-16(2)29-17(3)22(23(15)33-18(4)31)14-32-30-19-6-8-20(9-7-19)34-21-10-12-24(5,13-11-21)35-25(26,27)28/h10-12,16,20,29H,6-9,13-14H2,1-5H3. The molecule has 0 aromatic heterocycles. The van der Waals surface area contributed by atoms with Gasteiger partial charge in [-0.2, -0.15) is 0 Å². The minimum atomic E-state index is -4.69. The highest BCUT2D eigenvalue weighted by molar-refractivity contribution is 5.84. The second-order valence-electron chi connectivity index (χ2n) is 9.33. The molecule has 2 atom stereocenters. The van der Waals surface area contributed by atoms with Gasteiger partial charge >= 0.3 is 12.3 Å². The van der Waals surface area contributed by atoms with Gasteiger partial charge in [0.25, 0.3) is 0 Å². The lowest BCUT2D eigenvalue weighted by Gasteiger charge is -2.30. The second-order valence-corrected chi connectivity index (χ2v) is 9.33.